The van der Waals surface area contributed by atoms with E-state index in [4.69, 9.17) is 0 Å². The van der Waals surface area contributed by atoms with Crippen LogP contribution in [-0.2, 0) is 10.0 Å². The summed E-state index contributed by atoms with van der Waals surface area (Å²) < 4.78 is 25.5. The lowest BCUT2D eigenvalue weighted by atomic mass is 10.2. The van der Waals surface area contributed by atoms with E-state index in [1.54, 1.807) is 30.5 Å². The number of aromatic nitrogens is 3. The number of sulfonamides is 1. The van der Waals surface area contributed by atoms with Crippen LogP contribution in [0.2, 0.25) is 0 Å². The zero-order valence-electron chi connectivity index (χ0n) is 20.9. The molecule has 2 aromatic carbocycles. The van der Waals surface area contributed by atoms with Gasteiger partial charge < -0.3 is 30.5 Å². The molecule has 0 saturated carbocycles. The SMILES string of the molecule is CN1CCN(c2ccc(Nc3nc(Nc4ccccc4N(C)S(C)(=O)=O)c4cc[nH]c4n3)cc2O)CC1. The number of phenolic OH excluding ortho intramolecular Hbond substituents is 1. The van der Waals surface area contributed by atoms with Crippen LogP contribution in [0.5, 0.6) is 5.75 Å². The van der Waals surface area contributed by atoms with Gasteiger partial charge in [-0.05, 0) is 37.4 Å². The largest absolute Gasteiger partial charge is 0.506 e. The summed E-state index contributed by atoms with van der Waals surface area (Å²) in [4.78, 5) is 16.8. The number of anilines is 6. The van der Waals surface area contributed by atoms with Gasteiger partial charge in [0.15, 0.2) is 0 Å². The average Bonchev–Trinajstić information content (AvgIpc) is 3.33. The van der Waals surface area contributed by atoms with E-state index in [0.29, 0.717) is 34.5 Å². The Balaban J connectivity index is 1.43. The van der Waals surface area contributed by atoms with Crippen LogP contribution in [0.3, 0.4) is 0 Å². The molecule has 37 heavy (non-hydrogen) atoms. The predicted molar refractivity (Wildman–Crippen MR) is 148 cm³/mol. The van der Waals surface area contributed by atoms with Crippen molar-refractivity contribution in [1.82, 2.24) is 19.9 Å². The van der Waals surface area contributed by atoms with E-state index in [-0.39, 0.29) is 5.75 Å². The smallest absolute Gasteiger partial charge is 0.232 e. The Bertz CT molecular complexity index is 1530. The molecule has 4 aromatic rings. The van der Waals surface area contributed by atoms with Gasteiger partial charge in [0.1, 0.15) is 17.2 Å². The van der Waals surface area contributed by atoms with E-state index in [9.17, 15) is 13.5 Å². The minimum Gasteiger partial charge on any atom is -0.506 e. The van der Waals surface area contributed by atoms with Crippen LogP contribution in [0.1, 0.15) is 0 Å². The molecule has 0 unspecified atom stereocenters. The van der Waals surface area contributed by atoms with Crippen LogP contribution in [0, 0.1) is 0 Å². The minimum atomic E-state index is -3.46. The molecule has 0 aliphatic carbocycles. The second-order valence-corrected chi connectivity index (χ2v) is 11.1. The first-order valence-electron chi connectivity index (χ1n) is 11.9. The van der Waals surface area contributed by atoms with Gasteiger partial charge in [0, 0.05) is 51.2 Å². The summed E-state index contributed by atoms with van der Waals surface area (Å²) in [5.74, 6) is 1.01. The Morgan fingerprint density at radius 3 is 2.51 bits per heavy atom. The number of H-pyrrole nitrogens is 1. The zero-order valence-corrected chi connectivity index (χ0v) is 21.7. The number of phenols is 1. The van der Waals surface area contributed by atoms with Crippen molar-refractivity contribution in [2.24, 2.45) is 0 Å². The highest BCUT2D eigenvalue weighted by Gasteiger charge is 2.19. The lowest BCUT2D eigenvalue weighted by molar-refractivity contribution is 0.311. The lowest BCUT2D eigenvalue weighted by Crippen LogP contribution is -2.44. The third-order valence-electron chi connectivity index (χ3n) is 6.49. The van der Waals surface area contributed by atoms with Crippen molar-refractivity contribution >= 4 is 55.6 Å². The van der Waals surface area contributed by atoms with Crippen LogP contribution in [0.15, 0.2) is 54.7 Å². The average molecular weight is 523 g/mol. The van der Waals surface area contributed by atoms with Crippen LogP contribution >= 0.6 is 0 Å². The van der Waals surface area contributed by atoms with Crippen molar-refractivity contribution in [1.29, 1.82) is 0 Å². The van der Waals surface area contributed by atoms with Gasteiger partial charge in [0.2, 0.25) is 16.0 Å². The molecule has 2 aromatic heterocycles. The number of hydrogen-bond acceptors (Lipinski definition) is 9. The van der Waals surface area contributed by atoms with E-state index in [1.165, 1.54) is 11.4 Å². The minimum absolute atomic E-state index is 0.187. The van der Waals surface area contributed by atoms with E-state index in [0.717, 1.165) is 43.5 Å². The first-order valence-corrected chi connectivity index (χ1v) is 13.7. The summed E-state index contributed by atoms with van der Waals surface area (Å²) in [6.45, 7) is 3.60. The molecule has 0 bridgehead atoms. The van der Waals surface area contributed by atoms with Gasteiger partial charge in [0.05, 0.1) is 28.7 Å². The summed E-state index contributed by atoms with van der Waals surface area (Å²) in [5, 5.41) is 17.9. The Morgan fingerprint density at radius 1 is 1.03 bits per heavy atom. The van der Waals surface area contributed by atoms with E-state index in [1.807, 2.05) is 24.3 Å². The molecule has 5 rings (SSSR count). The first-order chi connectivity index (χ1) is 17.7. The molecule has 1 aliphatic rings. The number of piperazine rings is 1. The summed E-state index contributed by atoms with van der Waals surface area (Å²) in [6, 6.07) is 14.4. The van der Waals surface area contributed by atoms with Crippen molar-refractivity contribution in [2.45, 2.75) is 0 Å². The zero-order chi connectivity index (χ0) is 26.2. The number of benzene rings is 2. The molecule has 0 amide bonds. The van der Waals surface area contributed by atoms with Crippen molar-refractivity contribution in [3.05, 3.63) is 54.7 Å². The molecule has 11 nitrogen and oxygen atoms in total. The van der Waals surface area contributed by atoms with Crippen molar-refractivity contribution in [3.63, 3.8) is 0 Å². The Hall–Kier alpha value is -4.03. The quantitative estimate of drug-likeness (QED) is 0.289. The van der Waals surface area contributed by atoms with E-state index >= 15 is 0 Å². The normalized spacial score (nSPS) is 14.6. The molecule has 4 N–H and O–H groups in total. The predicted octanol–water partition coefficient (Wildman–Crippen LogP) is 3.30. The summed E-state index contributed by atoms with van der Waals surface area (Å²) in [6.07, 6.45) is 2.92. The van der Waals surface area contributed by atoms with Gasteiger partial charge >= 0.3 is 0 Å². The van der Waals surface area contributed by atoms with Gasteiger partial charge in [0.25, 0.3) is 0 Å². The highest BCUT2D eigenvalue weighted by Crippen LogP contribution is 2.34. The van der Waals surface area contributed by atoms with Crippen LogP contribution in [0.4, 0.5) is 34.5 Å². The van der Waals surface area contributed by atoms with Crippen molar-refractivity contribution in [2.75, 3.05) is 66.4 Å². The van der Waals surface area contributed by atoms with E-state index < -0.39 is 10.0 Å². The standard InChI is InChI=1S/C25H30N8O3S/c1-31-12-14-33(15-13-31)21-9-8-17(16-22(21)34)27-25-29-23-18(10-11-26-23)24(30-25)28-19-6-4-5-7-20(19)32(2)37(3,35)36/h4-11,16,34H,12-15H2,1-3H3,(H3,26,27,28,29,30). The highest BCUT2D eigenvalue weighted by atomic mass is 32.2. The number of rotatable bonds is 7. The molecule has 1 aliphatic heterocycles. The Morgan fingerprint density at radius 2 is 1.78 bits per heavy atom. The highest BCUT2D eigenvalue weighted by molar-refractivity contribution is 7.92. The first kappa shape index (κ1) is 24.7. The Labute approximate surface area is 215 Å². The van der Waals surface area contributed by atoms with E-state index in [2.05, 4.69) is 42.4 Å². The molecule has 1 saturated heterocycles. The fourth-order valence-electron chi connectivity index (χ4n) is 4.30. The van der Waals surface area contributed by atoms with Crippen molar-refractivity contribution in [3.8, 4) is 5.75 Å². The molecule has 0 atom stereocenters. The fourth-order valence-corrected chi connectivity index (χ4v) is 4.81. The Kier molecular flexibility index (Phi) is 6.52. The van der Waals surface area contributed by atoms with Crippen LogP contribution < -0.4 is 19.8 Å². The number of aromatic amines is 1. The van der Waals surface area contributed by atoms with Gasteiger partial charge in [-0.3, -0.25) is 4.31 Å². The second-order valence-electron chi connectivity index (χ2n) is 9.13. The van der Waals surface area contributed by atoms with Gasteiger partial charge in [-0.25, -0.2) is 8.42 Å². The number of nitrogens with one attached hydrogen (secondary N) is 3. The summed E-state index contributed by atoms with van der Waals surface area (Å²) in [7, 11) is 0.144. The maximum atomic E-state index is 12.2. The molecule has 0 radical (unpaired) electrons. The van der Waals surface area contributed by atoms with Crippen molar-refractivity contribution < 1.29 is 13.5 Å². The third kappa shape index (κ3) is 5.25. The molecule has 12 heteroatoms. The van der Waals surface area contributed by atoms with Gasteiger partial charge in [-0.15, -0.1) is 0 Å². The molecule has 194 valence electrons. The maximum Gasteiger partial charge on any atom is 0.232 e. The van der Waals surface area contributed by atoms with Crippen LogP contribution in [0.25, 0.3) is 11.0 Å². The monoisotopic (exact) mass is 522 g/mol. The summed E-state index contributed by atoms with van der Waals surface area (Å²) >= 11 is 0. The fraction of sp³-hybridized carbons (Fsp3) is 0.280. The number of fused-ring (bicyclic) bond motifs is 1. The number of hydrogen-bond donors (Lipinski definition) is 4. The van der Waals surface area contributed by atoms with Gasteiger partial charge in [-0.2, -0.15) is 9.97 Å². The second kappa shape index (κ2) is 9.79. The lowest BCUT2D eigenvalue weighted by Gasteiger charge is -2.34. The number of nitrogens with zero attached hydrogens (tertiary/aromatic N) is 5. The van der Waals surface area contributed by atoms with Crippen LogP contribution in [-0.4, -0.2) is 79.9 Å². The topological polar surface area (TPSA) is 130 Å². The maximum absolute atomic E-state index is 12.2. The number of para-hydroxylation sites is 2. The molecular formula is C25H30N8O3S. The number of aromatic hydroxyl groups is 1. The summed E-state index contributed by atoms with van der Waals surface area (Å²) in [5.41, 5.74) is 3.12. The van der Waals surface area contributed by atoms with Gasteiger partial charge in [-0.1, -0.05) is 12.1 Å². The molecular weight excluding hydrogens is 492 g/mol. The third-order valence-corrected chi connectivity index (χ3v) is 7.68. The molecule has 0 spiro atoms. The number of likely N-dealkylation sites (N-methyl/N-ethyl adjacent to an activating group) is 1. The molecule has 1 fully saturated rings. The molecule has 3 heterocycles.